The highest BCUT2D eigenvalue weighted by Crippen LogP contribution is 2.20. The molecular formula is C15H13BrN2O2. The summed E-state index contributed by atoms with van der Waals surface area (Å²) in [7, 11) is 0. The minimum absolute atomic E-state index is 0.198. The molecule has 102 valence electrons. The van der Waals surface area contributed by atoms with Crippen molar-refractivity contribution in [2.75, 3.05) is 5.32 Å². The Bertz CT molecular complexity index is 666. The molecule has 0 aromatic heterocycles. The van der Waals surface area contributed by atoms with Crippen molar-refractivity contribution in [3.8, 4) is 0 Å². The molecule has 2 amide bonds. The SMILES string of the molecule is Cc1c(Br)cccc1C(=O)Nc1ccc(C(N)=O)cc1. The van der Waals surface area contributed by atoms with E-state index in [-0.39, 0.29) is 5.91 Å². The Labute approximate surface area is 125 Å². The Hall–Kier alpha value is -2.14. The van der Waals surface area contributed by atoms with Crippen molar-refractivity contribution in [3.05, 3.63) is 63.6 Å². The third kappa shape index (κ3) is 3.05. The van der Waals surface area contributed by atoms with Crippen LogP contribution < -0.4 is 11.1 Å². The first-order valence-electron chi connectivity index (χ1n) is 5.95. The lowest BCUT2D eigenvalue weighted by atomic mass is 10.1. The standard InChI is InChI=1S/C15H13BrN2O2/c1-9-12(3-2-4-13(9)16)15(20)18-11-7-5-10(6-8-11)14(17)19/h2-8H,1H3,(H2,17,19)(H,18,20). The molecule has 0 aliphatic rings. The summed E-state index contributed by atoms with van der Waals surface area (Å²) in [5, 5.41) is 2.78. The van der Waals surface area contributed by atoms with Crippen molar-refractivity contribution >= 4 is 33.4 Å². The van der Waals surface area contributed by atoms with E-state index < -0.39 is 5.91 Å². The smallest absolute Gasteiger partial charge is 0.255 e. The molecule has 20 heavy (non-hydrogen) atoms. The average molecular weight is 333 g/mol. The minimum atomic E-state index is -0.495. The van der Waals surface area contributed by atoms with Gasteiger partial charge in [0.25, 0.3) is 5.91 Å². The van der Waals surface area contributed by atoms with Crippen LogP contribution >= 0.6 is 15.9 Å². The molecule has 0 radical (unpaired) electrons. The molecule has 0 aliphatic carbocycles. The summed E-state index contributed by atoms with van der Waals surface area (Å²) in [6, 6.07) is 11.9. The van der Waals surface area contributed by atoms with Crippen molar-refractivity contribution in [2.24, 2.45) is 5.73 Å². The fourth-order valence-electron chi connectivity index (χ4n) is 1.77. The predicted octanol–water partition coefficient (Wildman–Crippen LogP) is 3.11. The number of nitrogens with two attached hydrogens (primary N) is 1. The van der Waals surface area contributed by atoms with Gasteiger partial charge in [0, 0.05) is 21.3 Å². The number of hydrogen-bond acceptors (Lipinski definition) is 2. The monoisotopic (exact) mass is 332 g/mol. The Balaban J connectivity index is 2.19. The van der Waals surface area contributed by atoms with Gasteiger partial charge in [0.1, 0.15) is 0 Å². The first kappa shape index (κ1) is 14.3. The number of amides is 2. The van der Waals surface area contributed by atoms with Crippen LogP contribution in [0, 0.1) is 6.92 Å². The van der Waals surface area contributed by atoms with Gasteiger partial charge in [0.15, 0.2) is 0 Å². The minimum Gasteiger partial charge on any atom is -0.366 e. The van der Waals surface area contributed by atoms with E-state index in [1.807, 2.05) is 19.1 Å². The zero-order valence-corrected chi connectivity index (χ0v) is 12.4. The molecule has 4 nitrogen and oxygen atoms in total. The quantitative estimate of drug-likeness (QED) is 0.906. The lowest BCUT2D eigenvalue weighted by molar-refractivity contribution is 0.0998. The van der Waals surface area contributed by atoms with E-state index in [4.69, 9.17) is 5.73 Å². The molecule has 0 bridgehead atoms. The Kier molecular flexibility index (Phi) is 4.20. The maximum atomic E-state index is 12.2. The topological polar surface area (TPSA) is 72.2 Å². The Morgan fingerprint density at radius 2 is 1.75 bits per heavy atom. The molecule has 0 atom stereocenters. The normalized spacial score (nSPS) is 10.1. The van der Waals surface area contributed by atoms with Crippen LogP contribution in [0.2, 0.25) is 0 Å². The molecule has 0 unspecified atom stereocenters. The highest BCUT2D eigenvalue weighted by atomic mass is 79.9. The molecule has 3 N–H and O–H groups in total. The van der Waals surface area contributed by atoms with Crippen LogP contribution in [0.1, 0.15) is 26.3 Å². The fraction of sp³-hybridized carbons (Fsp3) is 0.0667. The lowest BCUT2D eigenvalue weighted by Crippen LogP contribution is -2.14. The number of nitrogens with one attached hydrogen (secondary N) is 1. The zero-order valence-electron chi connectivity index (χ0n) is 10.8. The van der Waals surface area contributed by atoms with Crippen molar-refractivity contribution in [1.29, 1.82) is 0 Å². The van der Waals surface area contributed by atoms with E-state index in [0.29, 0.717) is 16.8 Å². The lowest BCUT2D eigenvalue weighted by Gasteiger charge is -2.09. The van der Waals surface area contributed by atoms with E-state index in [9.17, 15) is 9.59 Å². The van der Waals surface area contributed by atoms with Gasteiger partial charge in [0.05, 0.1) is 0 Å². The second kappa shape index (κ2) is 5.88. The van der Waals surface area contributed by atoms with Gasteiger partial charge < -0.3 is 11.1 Å². The number of primary amides is 1. The summed E-state index contributed by atoms with van der Waals surface area (Å²) in [6.45, 7) is 1.87. The third-order valence-corrected chi connectivity index (χ3v) is 3.80. The first-order valence-corrected chi connectivity index (χ1v) is 6.74. The third-order valence-electron chi connectivity index (χ3n) is 2.94. The molecule has 2 aromatic carbocycles. The average Bonchev–Trinajstić information content (AvgIpc) is 2.42. The van der Waals surface area contributed by atoms with Gasteiger partial charge in [-0.05, 0) is 48.9 Å². The Morgan fingerprint density at radius 1 is 1.10 bits per heavy atom. The molecule has 0 fully saturated rings. The van der Waals surface area contributed by atoms with Crippen LogP contribution in [0.4, 0.5) is 5.69 Å². The molecular weight excluding hydrogens is 320 g/mol. The first-order chi connectivity index (χ1) is 9.49. The molecule has 0 spiro atoms. The highest BCUT2D eigenvalue weighted by Gasteiger charge is 2.11. The number of benzene rings is 2. The van der Waals surface area contributed by atoms with Crippen molar-refractivity contribution in [1.82, 2.24) is 0 Å². The van der Waals surface area contributed by atoms with Gasteiger partial charge >= 0.3 is 0 Å². The van der Waals surface area contributed by atoms with Crippen molar-refractivity contribution in [3.63, 3.8) is 0 Å². The van der Waals surface area contributed by atoms with E-state index >= 15 is 0 Å². The van der Waals surface area contributed by atoms with Gasteiger partial charge in [-0.1, -0.05) is 22.0 Å². The molecule has 0 saturated heterocycles. The van der Waals surface area contributed by atoms with E-state index in [2.05, 4.69) is 21.2 Å². The summed E-state index contributed by atoms with van der Waals surface area (Å²) >= 11 is 3.39. The number of halogens is 1. The van der Waals surface area contributed by atoms with Gasteiger partial charge in [-0.3, -0.25) is 9.59 Å². The summed E-state index contributed by atoms with van der Waals surface area (Å²) in [5.74, 6) is -0.693. The largest absolute Gasteiger partial charge is 0.366 e. The second-order valence-corrected chi connectivity index (χ2v) is 5.16. The Morgan fingerprint density at radius 3 is 2.35 bits per heavy atom. The maximum absolute atomic E-state index is 12.2. The van der Waals surface area contributed by atoms with E-state index in [0.717, 1.165) is 10.0 Å². The predicted molar refractivity (Wildman–Crippen MR) is 81.8 cm³/mol. The van der Waals surface area contributed by atoms with Crippen LogP contribution in [0.3, 0.4) is 0 Å². The van der Waals surface area contributed by atoms with Crippen LogP contribution in [-0.2, 0) is 0 Å². The number of rotatable bonds is 3. The molecule has 5 heteroatoms. The van der Waals surface area contributed by atoms with E-state index in [1.54, 1.807) is 30.3 Å². The van der Waals surface area contributed by atoms with Crippen LogP contribution in [0.25, 0.3) is 0 Å². The van der Waals surface area contributed by atoms with Crippen molar-refractivity contribution in [2.45, 2.75) is 6.92 Å². The summed E-state index contributed by atoms with van der Waals surface area (Å²) in [5.41, 5.74) is 7.65. The number of anilines is 1. The zero-order chi connectivity index (χ0) is 14.7. The molecule has 0 heterocycles. The van der Waals surface area contributed by atoms with Gasteiger partial charge in [0.2, 0.25) is 5.91 Å². The van der Waals surface area contributed by atoms with Crippen LogP contribution in [0.5, 0.6) is 0 Å². The number of carbonyl (C=O) groups excluding carboxylic acids is 2. The molecule has 0 aliphatic heterocycles. The molecule has 2 rings (SSSR count). The molecule has 0 saturated carbocycles. The summed E-state index contributed by atoms with van der Waals surface area (Å²) in [4.78, 5) is 23.2. The van der Waals surface area contributed by atoms with Gasteiger partial charge in [-0.2, -0.15) is 0 Å². The number of carbonyl (C=O) groups is 2. The molecule has 2 aromatic rings. The van der Waals surface area contributed by atoms with Crippen LogP contribution in [0.15, 0.2) is 46.9 Å². The second-order valence-electron chi connectivity index (χ2n) is 4.31. The van der Waals surface area contributed by atoms with E-state index in [1.165, 1.54) is 0 Å². The summed E-state index contributed by atoms with van der Waals surface area (Å²) in [6.07, 6.45) is 0. The number of hydrogen-bond donors (Lipinski definition) is 2. The van der Waals surface area contributed by atoms with Gasteiger partial charge in [-0.25, -0.2) is 0 Å². The van der Waals surface area contributed by atoms with Gasteiger partial charge in [-0.15, -0.1) is 0 Å². The maximum Gasteiger partial charge on any atom is 0.255 e. The van der Waals surface area contributed by atoms with Crippen molar-refractivity contribution < 1.29 is 9.59 Å². The fourth-order valence-corrected chi connectivity index (χ4v) is 2.14. The summed E-state index contributed by atoms with van der Waals surface area (Å²) < 4.78 is 0.884. The highest BCUT2D eigenvalue weighted by molar-refractivity contribution is 9.10. The van der Waals surface area contributed by atoms with Crippen LogP contribution in [-0.4, -0.2) is 11.8 Å².